The van der Waals surface area contributed by atoms with E-state index < -0.39 is 0 Å². The van der Waals surface area contributed by atoms with Gasteiger partial charge >= 0.3 is 0 Å². The Kier molecular flexibility index (Phi) is 6.75. The molecule has 0 aromatic heterocycles. The summed E-state index contributed by atoms with van der Waals surface area (Å²) in [6.07, 6.45) is 0. The van der Waals surface area contributed by atoms with E-state index in [1.807, 2.05) is 0 Å². The van der Waals surface area contributed by atoms with Crippen LogP contribution in [0.2, 0.25) is 0 Å². The van der Waals surface area contributed by atoms with Gasteiger partial charge in [0.15, 0.2) is 0 Å². The van der Waals surface area contributed by atoms with E-state index >= 15 is 0 Å². The first kappa shape index (κ1) is 14.6. The van der Waals surface area contributed by atoms with Crippen molar-refractivity contribution in [2.24, 2.45) is 0 Å². The first-order valence-electron chi connectivity index (χ1n) is 4.99. The van der Waals surface area contributed by atoms with Gasteiger partial charge in [-0.15, -0.1) is 0 Å². The third-order valence-electron chi connectivity index (χ3n) is 2.63. The van der Waals surface area contributed by atoms with Crippen molar-refractivity contribution in [2.45, 2.75) is 27.7 Å². The Balaban J connectivity index is 0.000000245. The fraction of sp³-hybridized carbons (Fsp3) is 0.286. The van der Waals surface area contributed by atoms with E-state index in [9.17, 15) is 0 Å². The molecule has 0 aliphatic carbocycles. The van der Waals surface area contributed by atoms with E-state index in [1.165, 1.54) is 22.3 Å². The van der Waals surface area contributed by atoms with E-state index in [4.69, 9.17) is 0 Å². The molecule has 2 aromatic rings. The normalized spacial score (nSPS) is 8.80. The Hall–Kier alpha value is -0.430. The van der Waals surface area contributed by atoms with E-state index in [2.05, 4.69) is 64.1 Å². The first-order valence-corrected chi connectivity index (χ1v) is 4.99. The molecule has 2 rings (SSSR count). The maximum atomic E-state index is 2.12. The summed E-state index contributed by atoms with van der Waals surface area (Å²) in [6, 6.07) is 12.6. The van der Waals surface area contributed by atoms with E-state index in [-0.39, 0.29) is 25.8 Å². The second-order valence-electron chi connectivity index (χ2n) is 3.78. The molecule has 15 heavy (non-hydrogen) atoms. The van der Waals surface area contributed by atoms with Crippen molar-refractivity contribution >= 4 is 0 Å². The third kappa shape index (κ3) is 4.74. The largest absolute Gasteiger partial charge is 0.213 e. The average Bonchev–Trinajstić information content (AvgIpc) is 2.67. The quantitative estimate of drug-likeness (QED) is 0.489. The van der Waals surface area contributed by atoms with Gasteiger partial charge in [-0.25, -0.2) is 24.3 Å². The molecule has 2 aromatic carbocycles. The fourth-order valence-corrected chi connectivity index (χ4v) is 1.20. The third-order valence-corrected chi connectivity index (χ3v) is 2.63. The van der Waals surface area contributed by atoms with Gasteiger partial charge in [-0.2, -0.15) is 34.4 Å². The Morgan fingerprint density at radius 1 is 0.800 bits per heavy atom. The van der Waals surface area contributed by atoms with Gasteiger partial charge in [-0.1, -0.05) is 27.7 Å². The molecular weight excluding hydrogens is 347 g/mol. The molecular formula is C14H18Hf-2. The van der Waals surface area contributed by atoms with Crippen LogP contribution in [0.5, 0.6) is 0 Å². The molecule has 0 amide bonds. The number of rotatable bonds is 0. The summed E-state index contributed by atoms with van der Waals surface area (Å²) in [5.74, 6) is 0. The van der Waals surface area contributed by atoms with Gasteiger partial charge < -0.3 is 0 Å². The topological polar surface area (TPSA) is 0 Å². The van der Waals surface area contributed by atoms with Crippen LogP contribution in [0.1, 0.15) is 22.3 Å². The summed E-state index contributed by atoms with van der Waals surface area (Å²) in [7, 11) is 0. The minimum atomic E-state index is 0. The Morgan fingerprint density at radius 2 is 1.13 bits per heavy atom. The second-order valence-corrected chi connectivity index (χ2v) is 3.78. The zero-order valence-corrected chi connectivity index (χ0v) is 13.6. The summed E-state index contributed by atoms with van der Waals surface area (Å²) in [5.41, 5.74) is 5.56. The molecule has 0 N–H and O–H groups in total. The van der Waals surface area contributed by atoms with Gasteiger partial charge in [-0.3, -0.25) is 0 Å². The predicted molar refractivity (Wildman–Crippen MR) is 63.0 cm³/mol. The monoisotopic (exact) mass is 366 g/mol. The molecule has 0 bridgehead atoms. The van der Waals surface area contributed by atoms with Gasteiger partial charge in [0, 0.05) is 25.8 Å². The van der Waals surface area contributed by atoms with Gasteiger partial charge in [0.2, 0.25) is 0 Å². The van der Waals surface area contributed by atoms with Crippen molar-refractivity contribution < 1.29 is 25.8 Å². The molecule has 0 aliphatic rings. The Bertz CT molecular complexity index is 308. The standard InChI is InChI=1S/2C7H9.Hf/c2*1-6-4-3-5-7(6)2;/h2*3-5H,1-2H3;/q2*-1;. The number of hydrogen-bond donors (Lipinski definition) is 0. The van der Waals surface area contributed by atoms with Crippen LogP contribution >= 0.6 is 0 Å². The maximum absolute atomic E-state index is 2.12. The molecule has 0 atom stereocenters. The second kappa shape index (κ2) is 6.95. The van der Waals surface area contributed by atoms with Crippen LogP contribution in [0.4, 0.5) is 0 Å². The number of aryl methyl sites for hydroxylation is 4. The Morgan fingerprint density at radius 3 is 1.20 bits per heavy atom. The van der Waals surface area contributed by atoms with Crippen molar-refractivity contribution in [1.82, 2.24) is 0 Å². The van der Waals surface area contributed by atoms with E-state index in [1.54, 1.807) is 0 Å². The summed E-state index contributed by atoms with van der Waals surface area (Å²) in [5, 5.41) is 0. The van der Waals surface area contributed by atoms with Crippen LogP contribution in [-0.2, 0) is 25.8 Å². The van der Waals surface area contributed by atoms with Crippen molar-refractivity contribution in [3.63, 3.8) is 0 Å². The van der Waals surface area contributed by atoms with Gasteiger partial charge in [0.25, 0.3) is 0 Å². The zero-order chi connectivity index (χ0) is 10.6. The molecule has 0 nitrogen and oxygen atoms in total. The Labute approximate surface area is 112 Å². The molecule has 1 heteroatoms. The summed E-state index contributed by atoms with van der Waals surface area (Å²) >= 11 is 0. The minimum absolute atomic E-state index is 0. The van der Waals surface area contributed by atoms with Gasteiger partial charge in [0.05, 0.1) is 0 Å². The molecule has 0 radical (unpaired) electrons. The average molecular weight is 365 g/mol. The van der Waals surface area contributed by atoms with Crippen molar-refractivity contribution in [3.05, 3.63) is 58.7 Å². The summed E-state index contributed by atoms with van der Waals surface area (Å²) < 4.78 is 0. The van der Waals surface area contributed by atoms with Gasteiger partial charge in [0.1, 0.15) is 0 Å². The van der Waals surface area contributed by atoms with Crippen LogP contribution in [-0.4, -0.2) is 0 Å². The van der Waals surface area contributed by atoms with Crippen LogP contribution in [0.3, 0.4) is 0 Å². The molecule has 0 fully saturated rings. The van der Waals surface area contributed by atoms with E-state index in [0.717, 1.165) is 0 Å². The molecule has 80 valence electrons. The van der Waals surface area contributed by atoms with Crippen LogP contribution in [0, 0.1) is 27.7 Å². The molecule has 0 spiro atoms. The van der Waals surface area contributed by atoms with Crippen molar-refractivity contribution in [1.29, 1.82) is 0 Å². The minimum Gasteiger partial charge on any atom is -0.213 e. The van der Waals surface area contributed by atoms with Crippen LogP contribution in [0.25, 0.3) is 0 Å². The SMILES string of the molecule is Cc1ccc[c-]1C.Cc1ccc[c-]1C.[Hf]. The predicted octanol–water partition coefficient (Wildman–Crippen LogP) is 4.04. The zero-order valence-electron chi connectivity index (χ0n) is 9.96. The van der Waals surface area contributed by atoms with Gasteiger partial charge in [-0.05, 0) is 0 Å². The van der Waals surface area contributed by atoms with Crippen molar-refractivity contribution in [3.8, 4) is 0 Å². The van der Waals surface area contributed by atoms with Crippen LogP contribution < -0.4 is 0 Å². The number of hydrogen-bond acceptors (Lipinski definition) is 0. The fourth-order valence-electron chi connectivity index (χ4n) is 1.20. The van der Waals surface area contributed by atoms with Crippen molar-refractivity contribution in [2.75, 3.05) is 0 Å². The summed E-state index contributed by atoms with van der Waals surface area (Å²) in [4.78, 5) is 0. The summed E-state index contributed by atoms with van der Waals surface area (Å²) in [6.45, 7) is 8.48. The first-order chi connectivity index (χ1) is 6.61. The van der Waals surface area contributed by atoms with Crippen LogP contribution in [0.15, 0.2) is 36.4 Å². The molecule has 0 saturated carbocycles. The molecule has 0 unspecified atom stereocenters. The van der Waals surface area contributed by atoms with E-state index in [0.29, 0.717) is 0 Å². The molecule has 0 heterocycles. The molecule has 0 aliphatic heterocycles. The smallest absolute Gasteiger partial charge is 0 e. The molecule has 0 saturated heterocycles. The maximum Gasteiger partial charge on any atom is 0 e.